The Morgan fingerprint density at radius 1 is 1.19 bits per heavy atom. The Morgan fingerprint density at radius 2 is 1.78 bits per heavy atom. The molecule has 1 amide bonds. The molecule has 2 atom stereocenters. The van der Waals surface area contributed by atoms with Gasteiger partial charge < -0.3 is 15.3 Å². The van der Waals surface area contributed by atoms with Crippen LogP contribution in [0, 0.1) is 0 Å². The van der Waals surface area contributed by atoms with Gasteiger partial charge in [0.2, 0.25) is 15.9 Å². The van der Waals surface area contributed by atoms with Gasteiger partial charge in [0.25, 0.3) is 0 Å². The maximum absolute atomic E-state index is 13.6. The third-order valence-corrected chi connectivity index (χ3v) is 9.22. The van der Waals surface area contributed by atoms with E-state index in [0.717, 1.165) is 0 Å². The lowest BCUT2D eigenvalue weighted by Crippen LogP contribution is -2.64. The van der Waals surface area contributed by atoms with E-state index >= 15 is 0 Å². The molecule has 0 aliphatic carbocycles. The summed E-state index contributed by atoms with van der Waals surface area (Å²) in [4.78, 5) is 14.4. The molecule has 2 aromatic rings. The number of amides is 1. The quantitative estimate of drug-likeness (QED) is 0.452. The Morgan fingerprint density at radius 3 is 2.30 bits per heavy atom. The van der Waals surface area contributed by atoms with Crippen LogP contribution < -0.4 is 5.32 Å². The Labute approximate surface area is 221 Å². The van der Waals surface area contributed by atoms with Crippen molar-refractivity contribution in [1.29, 1.82) is 0 Å². The first-order valence-electron chi connectivity index (χ1n) is 11.7. The van der Waals surface area contributed by atoms with Crippen LogP contribution in [0.5, 0.6) is 0 Å². The predicted molar refractivity (Wildman–Crippen MR) is 137 cm³/mol. The fourth-order valence-corrected chi connectivity index (χ4v) is 6.58. The van der Waals surface area contributed by atoms with Crippen molar-refractivity contribution < 1.29 is 31.5 Å². The molecular weight excluding hydrogens is 527 g/mol. The van der Waals surface area contributed by atoms with E-state index < -0.39 is 27.3 Å². The van der Waals surface area contributed by atoms with Crippen LogP contribution in [0.4, 0.5) is 13.2 Å². The van der Waals surface area contributed by atoms with Crippen molar-refractivity contribution in [2.24, 2.45) is 0 Å². The fourth-order valence-electron chi connectivity index (χ4n) is 4.49. The van der Waals surface area contributed by atoms with Gasteiger partial charge in [0.15, 0.2) is 5.60 Å². The van der Waals surface area contributed by atoms with Crippen molar-refractivity contribution in [3.05, 3.63) is 59.7 Å². The monoisotopic (exact) mass is 559 g/mol. The van der Waals surface area contributed by atoms with Crippen LogP contribution in [0.3, 0.4) is 0 Å². The number of carbonyl (C=O) groups excluding carboxylic acids is 1. The minimum atomic E-state index is -4.89. The number of carbonyl (C=O) groups is 1. The zero-order chi connectivity index (χ0) is 27.8. The third-order valence-electron chi connectivity index (χ3n) is 6.77. The lowest BCUT2D eigenvalue weighted by Gasteiger charge is -2.46. The number of alkyl halides is 3. The second-order valence-electron chi connectivity index (χ2n) is 9.70. The Hall–Kier alpha value is -2.12. The summed E-state index contributed by atoms with van der Waals surface area (Å²) in [5.41, 5.74) is -4.06. The number of halogens is 3. The Kier molecular flexibility index (Phi) is 8.41. The number of hydrogen-bond acceptors (Lipinski definition) is 6. The summed E-state index contributed by atoms with van der Waals surface area (Å²) in [6.07, 6.45) is -4.89. The van der Waals surface area contributed by atoms with Crippen molar-refractivity contribution in [3.63, 3.8) is 0 Å². The number of hydrogen-bond donors (Lipinski definition) is 3. The predicted octanol–water partition coefficient (Wildman–Crippen LogP) is 3.49. The van der Waals surface area contributed by atoms with E-state index in [9.17, 15) is 31.5 Å². The van der Waals surface area contributed by atoms with Crippen molar-refractivity contribution in [2.45, 2.75) is 60.8 Å². The summed E-state index contributed by atoms with van der Waals surface area (Å²) in [6, 6.07) is 11.3. The van der Waals surface area contributed by atoms with E-state index in [1.807, 2.05) is 13.8 Å². The molecule has 0 radical (unpaired) electrons. The van der Waals surface area contributed by atoms with Gasteiger partial charge >= 0.3 is 6.18 Å². The molecule has 12 heteroatoms. The van der Waals surface area contributed by atoms with Crippen LogP contribution in [-0.2, 0) is 26.0 Å². The van der Waals surface area contributed by atoms with Gasteiger partial charge in [-0.3, -0.25) is 4.79 Å². The van der Waals surface area contributed by atoms with Crippen molar-refractivity contribution in [2.75, 3.05) is 26.2 Å². The Bertz CT molecular complexity index is 1230. The summed E-state index contributed by atoms with van der Waals surface area (Å²) < 4.78 is 68.6. The van der Waals surface area contributed by atoms with E-state index in [1.165, 1.54) is 41.6 Å². The van der Waals surface area contributed by atoms with Crippen LogP contribution in [0.2, 0.25) is 0 Å². The van der Waals surface area contributed by atoms with Gasteiger partial charge in [-0.2, -0.15) is 17.5 Å². The first-order valence-corrected chi connectivity index (χ1v) is 13.6. The molecule has 1 heterocycles. The molecule has 1 unspecified atom stereocenters. The van der Waals surface area contributed by atoms with Gasteiger partial charge in [0.1, 0.15) is 0 Å². The molecule has 0 bridgehead atoms. The average Bonchev–Trinajstić information content (AvgIpc) is 2.82. The minimum Gasteiger partial charge on any atom is -0.376 e. The van der Waals surface area contributed by atoms with Gasteiger partial charge in [-0.25, -0.2) is 8.42 Å². The maximum Gasteiger partial charge on any atom is 0.421 e. The number of thiol groups is 1. The largest absolute Gasteiger partial charge is 0.421 e. The smallest absolute Gasteiger partial charge is 0.376 e. The highest BCUT2D eigenvalue weighted by molar-refractivity contribution is 7.90. The lowest BCUT2D eigenvalue weighted by molar-refractivity contribution is -0.258. The van der Waals surface area contributed by atoms with Gasteiger partial charge in [-0.15, -0.1) is 12.6 Å². The normalized spacial score (nSPS) is 21.0. The Balaban J connectivity index is 2.10. The molecule has 1 fully saturated rings. The number of sulfonamides is 1. The average molecular weight is 560 g/mol. The second-order valence-corrected chi connectivity index (χ2v) is 12.1. The minimum absolute atomic E-state index is 0.0398. The summed E-state index contributed by atoms with van der Waals surface area (Å²) in [7, 11) is -3.97. The molecule has 1 aliphatic rings. The lowest BCUT2D eigenvalue weighted by atomic mass is 9.85. The number of nitrogens with one attached hydrogen (secondary N) is 1. The maximum atomic E-state index is 13.6. The summed E-state index contributed by atoms with van der Waals surface area (Å²) in [5.74, 6) is -0.228. The number of rotatable bonds is 7. The SMILES string of the molecule is CC(=O)N(C[C@@]1(c2ccc(C(C)(O)C(F)(F)F)cc2)CN(S(=O)(=O)c2ccccc2S)CCN1)C(C)C. The highest BCUT2D eigenvalue weighted by Crippen LogP contribution is 2.39. The van der Waals surface area contributed by atoms with Crippen LogP contribution in [0.1, 0.15) is 38.8 Å². The highest BCUT2D eigenvalue weighted by Gasteiger charge is 2.51. The zero-order valence-electron chi connectivity index (χ0n) is 21.1. The zero-order valence-corrected chi connectivity index (χ0v) is 22.8. The second kappa shape index (κ2) is 10.6. The van der Waals surface area contributed by atoms with Crippen molar-refractivity contribution in [3.8, 4) is 0 Å². The third kappa shape index (κ3) is 5.83. The molecule has 0 saturated carbocycles. The number of nitrogens with zero attached hydrogens (tertiary/aromatic N) is 2. The van der Waals surface area contributed by atoms with Crippen LogP contribution in [0.25, 0.3) is 0 Å². The summed E-state index contributed by atoms with van der Waals surface area (Å²) in [6.45, 7) is 6.11. The summed E-state index contributed by atoms with van der Waals surface area (Å²) in [5, 5.41) is 13.4. The molecule has 7 nitrogen and oxygen atoms in total. The first kappa shape index (κ1) is 29.4. The molecule has 2 aromatic carbocycles. The standard InChI is InChI=1S/C25H32F3N3O4S2/c1-17(2)31(18(3)32)16-24(20-11-9-19(10-12-20)23(4,33)25(26,27)28)15-30(14-13-29-24)37(34,35)22-8-6-5-7-21(22)36/h5-12,17,29,33,36H,13-16H2,1-4H3/t23?,24-/m1/s1. The van der Waals surface area contributed by atoms with E-state index in [4.69, 9.17) is 0 Å². The van der Waals surface area contributed by atoms with Crippen LogP contribution in [0.15, 0.2) is 58.3 Å². The van der Waals surface area contributed by atoms with E-state index in [-0.39, 0.29) is 53.5 Å². The van der Waals surface area contributed by atoms with Crippen molar-refractivity contribution in [1.82, 2.24) is 14.5 Å². The fraction of sp³-hybridized carbons (Fsp3) is 0.480. The molecule has 0 aromatic heterocycles. The van der Waals surface area contributed by atoms with Gasteiger partial charge in [-0.05, 0) is 44.0 Å². The highest BCUT2D eigenvalue weighted by atomic mass is 32.2. The van der Waals surface area contributed by atoms with E-state index in [0.29, 0.717) is 12.5 Å². The van der Waals surface area contributed by atoms with Crippen molar-refractivity contribution >= 4 is 28.6 Å². The molecule has 0 spiro atoms. The first-order chi connectivity index (χ1) is 17.0. The van der Waals surface area contributed by atoms with Crippen LogP contribution >= 0.6 is 12.6 Å². The van der Waals surface area contributed by atoms with Gasteiger partial charge in [0.05, 0.1) is 10.4 Å². The van der Waals surface area contributed by atoms with Crippen LogP contribution in [-0.4, -0.2) is 67.0 Å². The molecule has 1 saturated heterocycles. The van der Waals surface area contributed by atoms with Gasteiger partial charge in [0, 0.05) is 44.0 Å². The number of piperazine rings is 1. The molecular formula is C25H32F3N3O4S2. The number of benzene rings is 2. The van der Waals surface area contributed by atoms with E-state index in [1.54, 1.807) is 23.1 Å². The topological polar surface area (TPSA) is 90.0 Å². The summed E-state index contributed by atoms with van der Waals surface area (Å²) >= 11 is 4.30. The molecule has 2 N–H and O–H groups in total. The number of aliphatic hydroxyl groups is 1. The molecule has 1 aliphatic heterocycles. The molecule has 37 heavy (non-hydrogen) atoms. The molecule has 204 valence electrons. The van der Waals surface area contributed by atoms with E-state index in [2.05, 4.69) is 17.9 Å². The van der Waals surface area contributed by atoms with Gasteiger partial charge in [-0.1, -0.05) is 36.4 Å². The molecule has 3 rings (SSSR count).